The van der Waals surface area contributed by atoms with Crippen LogP contribution in [0.3, 0.4) is 0 Å². The lowest BCUT2D eigenvalue weighted by Crippen LogP contribution is -2.14. The van der Waals surface area contributed by atoms with Crippen LogP contribution in [0.5, 0.6) is 0 Å². The highest BCUT2D eigenvalue weighted by atomic mass is 79.9. The summed E-state index contributed by atoms with van der Waals surface area (Å²) >= 11 is 3.49. The third-order valence-corrected chi connectivity index (χ3v) is 5.84. The van der Waals surface area contributed by atoms with Crippen molar-refractivity contribution < 1.29 is 0 Å². The van der Waals surface area contributed by atoms with Gasteiger partial charge in [0.2, 0.25) is 0 Å². The average Bonchev–Trinajstić information content (AvgIpc) is 3.17. The van der Waals surface area contributed by atoms with E-state index in [1.54, 1.807) is 6.21 Å². The first-order chi connectivity index (χ1) is 15.7. The lowest BCUT2D eigenvalue weighted by atomic mass is 10.2. The molecule has 5 aromatic rings. The van der Waals surface area contributed by atoms with Gasteiger partial charge in [0.05, 0.1) is 11.7 Å². The van der Waals surface area contributed by atoms with Gasteiger partial charge in [-0.25, -0.2) is 4.98 Å². The summed E-state index contributed by atoms with van der Waals surface area (Å²) in [5, 5.41) is 10.6. The molecular formula is C26H20BrN5. The van der Waals surface area contributed by atoms with E-state index in [0.717, 1.165) is 38.4 Å². The Morgan fingerprint density at radius 1 is 0.938 bits per heavy atom. The van der Waals surface area contributed by atoms with Crippen LogP contribution >= 0.6 is 15.9 Å². The third kappa shape index (κ3) is 4.18. The summed E-state index contributed by atoms with van der Waals surface area (Å²) in [5.74, 6) is 0.283. The molecule has 3 aromatic carbocycles. The number of pyridine rings is 1. The van der Waals surface area contributed by atoms with Crippen LogP contribution in [0.1, 0.15) is 16.8 Å². The standard InChI is InChI=1S/C26H20BrN5/c27-21-12-9-18(10-13-21)16-32-17-20(22-6-2-4-8-25(22)32)15-29-31-26(28)24-14-11-19-5-1-3-7-23(19)30-24/h1-15,17H,16H2,(H2,28,31)/b29-15+. The molecule has 5 rings (SSSR count). The van der Waals surface area contributed by atoms with E-state index in [4.69, 9.17) is 5.73 Å². The number of hydrogen-bond acceptors (Lipinski definition) is 3. The zero-order chi connectivity index (χ0) is 21.9. The minimum absolute atomic E-state index is 0.283. The van der Waals surface area contributed by atoms with Gasteiger partial charge in [-0.2, -0.15) is 5.10 Å². The molecule has 156 valence electrons. The van der Waals surface area contributed by atoms with Crippen molar-refractivity contribution in [3.05, 3.63) is 112 Å². The Kier molecular flexibility index (Phi) is 5.52. The van der Waals surface area contributed by atoms with Gasteiger partial charge in [0.25, 0.3) is 0 Å². The molecule has 2 N–H and O–H groups in total. The highest BCUT2D eigenvalue weighted by molar-refractivity contribution is 9.10. The van der Waals surface area contributed by atoms with Crippen molar-refractivity contribution in [3.8, 4) is 0 Å². The predicted octanol–water partition coefficient (Wildman–Crippen LogP) is 5.74. The van der Waals surface area contributed by atoms with Crippen molar-refractivity contribution >= 4 is 49.8 Å². The SMILES string of the molecule is N/C(=N\N=C\c1cn(Cc2ccc(Br)cc2)c2ccccc12)c1ccc2ccccc2n1. The lowest BCUT2D eigenvalue weighted by molar-refractivity contribution is 0.836. The van der Waals surface area contributed by atoms with Crippen molar-refractivity contribution in [1.29, 1.82) is 0 Å². The van der Waals surface area contributed by atoms with Gasteiger partial charge in [-0.15, -0.1) is 5.10 Å². The summed E-state index contributed by atoms with van der Waals surface area (Å²) in [5.41, 5.74) is 11.0. The van der Waals surface area contributed by atoms with E-state index < -0.39 is 0 Å². The Morgan fingerprint density at radius 2 is 1.72 bits per heavy atom. The fourth-order valence-corrected chi connectivity index (χ4v) is 3.97. The molecule has 0 radical (unpaired) electrons. The Morgan fingerprint density at radius 3 is 2.59 bits per heavy atom. The molecule has 0 fully saturated rings. The molecule has 0 aliphatic heterocycles. The molecule has 0 saturated heterocycles. The Labute approximate surface area is 194 Å². The second-order valence-electron chi connectivity index (χ2n) is 7.47. The van der Waals surface area contributed by atoms with Crippen molar-refractivity contribution in [3.63, 3.8) is 0 Å². The van der Waals surface area contributed by atoms with E-state index in [0.29, 0.717) is 5.69 Å². The zero-order valence-corrected chi connectivity index (χ0v) is 18.8. The zero-order valence-electron chi connectivity index (χ0n) is 17.2. The molecule has 0 unspecified atom stereocenters. The number of rotatable bonds is 5. The third-order valence-electron chi connectivity index (χ3n) is 5.31. The number of nitrogens with two attached hydrogens (primary N) is 1. The first-order valence-electron chi connectivity index (χ1n) is 10.2. The van der Waals surface area contributed by atoms with Gasteiger partial charge in [0, 0.05) is 39.1 Å². The van der Waals surface area contributed by atoms with Crippen molar-refractivity contribution in [2.75, 3.05) is 0 Å². The molecule has 0 amide bonds. The summed E-state index contributed by atoms with van der Waals surface area (Å²) in [6.07, 6.45) is 3.84. The number of hydrogen-bond donors (Lipinski definition) is 1. The van der Waals surface area contributed by atoms with E-state index >= 15 is 0 Å². The van der Waals surface area contributed by atoms with Gasteiger partial charge < -0.3 is 10.3 Å². The topological polar surface area (TPSA) is 68.6 Å². The van der Waals surface area contributed by atoms with Gasteiger partial charge >= 0.3 is 0 Å². The van der Waals surface area contributed by atoms with Crippen LogP contribution < -0.4 is 5.73 Å². The van der Waals surface area contributed by atoms with Crippen LogP contribution in [-0.4, -0.2) is 21.6 Å². The molecule has 32 heavy (non-hydrogen) atoms. The number of amidine groups is 1. The molecule has 0 bridgehead atoms. The highest BCUT2D eigenvalue weighted by Crippen LogP contribution is 2.22. The van der Waals surface area contributed by atoms with Crippen LogP contribution in [0.4, 0.5) is 0 Å². The van der Waals surface area contributed by atoms with Gasteiger partial charge in [0.15, 0.2) is 5.84 Å². The van der Waals surface area contributed by atoms with Gasteiger partial charge in [-0.05, 0) is 35.9 Å². The number of nitrogens with zero attached hydrogens (tertiary/aromatic N) is 4. The van der Waals surface area contributed by atoms with Crippen LogP contribution in [-0.2, 0) is 6.54 Å². The quantitative estimate of drug-likeness (QED) is 0.197. The van der Waals surface area contributed by atoms with E-state index in [2.05, 4.69) is 78.3 Å². The molecule has 0 atom stereocenters. The molecule has 5 nitrogen and oxygen atoms in total. The van der Waals surface area contributed by atoms with Gasteiger partial charge in [0.1, 0.15) is 5.69 Å². The largest absolute Gasteiger partial charge is 0.380 e. The monoisotopic (exact) mass is 481 g/mol. The minimum Gasteiger partial charge on any atom is -0.380 e. The first-order valence-corrected chi connectivity index (χ1v) is 11.0. The molecule has 0 saturated carbocycles. The summed E-state index contributed by atoms with van der Waals surface area (Å²) in [4.78, 5) is 4.57. The van der Waals surface area contributed by atoms with Crippen LogP contribution in [0.15, 0.2) is 106 Å². The normalized spacial score (nSPS) is 12.2. The highest BCUT2D eigenvalue weighted by Gasteiger charge is 2.07. The Bertz CT molecular complexity index is 1470. The van der Waals surface area contributed by atoms with E-state index in [1.165, 1.54) is 5.56 Å². The Balaban J connectivity index is 1.43. The number of para-hydroxylation sites is 2. The minimum atomic E-state index is 0.283. The van der Waals surface area contributed by atoms with Crippen LogP contribution in [0.25, 0.3) is 21.8 Å². The summed E-state index contributed by atoms with van der Waals surface area (Å²) < 4.78 is 3.29. The second-order valence-corrected chi connectivity index (χ2v) is 8.39. The fraction of sp³-hybridized carbons (Fsp3) is 0.0385. The van der Waals surface area contributed by atoms with Gasteiger partial charge in [-0.1, -0.05) is 70.5 Å². The van der Waals surface area contributed by atoms with Crippen molar-refractivity contribution in [1.82, 2.24) is 9.55 Å². The predicted molar refractivity (Wildman–Crippen MR) is 135 cm³/mol. The average molecular weight is 482 g/mol. The summed E-state index contributed by atoms with van der Waals surface area (Å²) in [6.45, 7) is 0.772. The number of halogens is 1. The summed E-state index contributed by atoms with van der Waals surface area (Å²) in [6, 6.07) is 28.4. The van der Waals surface area contributed by atoms with E-state index in [1.807, 2.05) is 48.5 Å². The maximum Gasteiger partial charge on any atom is 0.172 e. The van der Waals surface area contributed by atoms with Crippen LogP contribution in [0, 0.1) is 0 Å². The number of fused-ring (bicyclic) bond motifs is 2. The number of aromatic nitrogens is 2. The summed E-state index contributed by atoms with van der Waals surface area (Å²) in [7, 11) is 0. The second kappa shape index (κ2) is 8.77. The maximum absolute atomic E-state index is 6.15. The molecule has 0 aliphatic rings. The van der Waals surface area contributed by atoms with E-state index in [9.17, 15) is 0 Å². The smallest absolute Gasteiger partial charge is 0.172 e. The van der Waals surface area contributed by atoms with E-state index in [-0.39, 0.29) is 5.84 Å². The van der Waals surface area contributed by atoms with Crippen molar-refractivity contribution in [2.24, 2.45) is 15.9 Å². The molecular weight excluding hydrogens is 462 g/mol. The molecule has 2 aromatic heterocycles. The number of benzene rings is 3. The van der Waals surface area contributed by atoms with Crippen molar-refractivity contribution in [2.45, 2.75) is 6.54 Å². The Hall–Kier alpha value is -3.77. The molecule has 0 aliphatic carbocycles. The molecule has 0 spiro atoms. The van der Waals surface area contributed by atoms with Crippen LogP contribution in [0.2, 0.25) is 0 Å². The molecule has 2 heterocycles. The van der Waals surface area contributed by atoms with Gasteiger partial charge in [-0.3, -0.25) is 0 Å². The fourth-order valence-electron chi connectivity index (χ4n) is 3.71. The maximum atomic E-state index is 6.15. The lowest BCUT2D eigenvalue weighted by Gasteiger charge is -2.05. The molecule has 6 heteroatoms. The first kappa shape index (κ1) is 20.2.